The Labute approximate surface area is 222 Å². The number of piperidine rings is 1. The number of likely N-dealkylation sites (tertiary alicyclic amines) is 1. The van der Waals surface area contributed by atoms with Crippen molar-refractivity contribution in [1.29, 1.82) is 0 Å². The summed E-state index contributed by atoms with van der Waals surface area (Å²) in [4.78, 5) is 27.6. The summed E-state index contributed by atoms with van der Waals surface area (Å²) in [5, 5.41) is 17.6. The molecule has 3 N–H and O–H groups in total. The van der Waals surface area contributed by atoms with Crippen molar-refractivity contribution in [2.45, 2.75) is 32.0 Å². The first-order chi connectivity index (χ1) is 17.7. The topological polar surface area (TPSA) is 122 Å². The number of nitrogens with two attached hydrogens (primary N) is 1. The van der Waals surface area contributed by atoms with Crippen LogP contribution in [-0.4, -0.2) is 51.7 Å². The number of anilines is 3. The highest BCUT2D eigenvalue weighted by Crippen LogP contribution is 2.37. The number of benzene rings is 2. The van der Waals surface area contributed by atoms with E-state index < -0.39 is 11.9 Å². The molecule has 1 aliphatic rings. The maximum Gasteiger partial charge on any atom is 0.253 e. The molecule has 2 heterocycles. The lowest BCUT2D eigenvalue weighted by Gasteiger charge is -2.29. The van der Waals surface area contributed by atoms with Crippen LogP contribution in [0.5, 0.6) is 5.75 Å². The summed E-state index contributed by atoms with van der Waals surface area (Å²) in [6.45, 7) is 2.58. The molecular formula is C25H24Cl2FN5O4. The number of amides is 2. The van der Waals surface area contributed by atoms with Gasteiger partial charge in [0.15, 0.2) is 17.4 Å². The molecule has 37 heavy (non-hydrogen) atoms. The standard InChI is InChI=1S/C25H24Cl2FN5O4/c1-14(22-18(26)6-7-19(28)23(22)27)37-20-12-21(30-31-24(20)29)33(13-34)16-4-2-15(3-5-16)25(36)32-10-8-17(35)9-11-32/h2-7,12-14,17,35H,8-11H2,1H3,(H2,29,31)/t14-/m1/s1. The number of hydrogen-bond donors (Lipinski definition) is 2. The van der Waals surface area contributed by atoms with E-state index in [0.717, 1.165) is 6.07 Å². The highest BCUT2D eigenvalue weighted by atomic mass is 35.5. The van der Waals surface area contributed by atoms with Gasteiger partial charge in [0.1, 0.15) is 11.9 Å². The average Bonchev–Trinajstić information content (AvgIpc) is 2.89. The third-order valence-electron chi connectivity index (χ3n) is 6.06. The van der Waals surface area contributed by atoms with E-state index in [4.69, 9.17) is 33.7 Å². The number of aliphatic hydroxyl groups is 1. The smallest absolute Gasteiger partial charge is 0.253 e. The molecule has 0 radical (unpaired) electrons. The molecule has 2 amide bonds. The lowest BCUT2D eigenvalue weighted by Crippen LogP contribution is -2.40. The van der Waals surface area contributed by atoms with E-state index in [2.05, 4.69) is 10.2 Å². The SMILES string of the molecule is C[C@@H](Oc1cc(N(C=O)c2ccc(C(=O)N3CCC(O)CC3)cc2)nnc1N)c1c(Cl)ccc(F)c1Cl. The molecule has 1 fully saturated rings. The fraction of sp³-hybridized carbons (Fsp3) is 0.280. The highest BCUT2D eigenvalue weighted by Gasteiger charge is 2.24. The molecule has 2 aromatic carbocycles. The largest absolute Gasteiger partial charge is 0.482 e. The first-order valence-electron chi connectivity index (χ1n) is 11.4. The average molecular weight is 548 g/mol. The van der Waals surface area contributed by atoms with Crippen molar-refractivity contribution < 1.29 is 23.8 Å². The molecule has 4 rings (SSSR count). The molecule has 0 spiro atoms. The van der Waals surface area contributed by atoms with E-state index in [1.807, 2.05) is 0 Å². The summed E-state index contributed by atoms with van der Waals surface area (Å²) >= 11 is 12.3. The molecule has 194 valence electrons. The number of ether oxygens (including phenoxy) is 1. The fourth-order valence-corrected chi connectivity index (χ4v) is 4.69. The first kappa shape index (κ1) is 26.6. The summed E-state index contributed by atoms with van der Waals surface area (Å²) in [6, 6.07) is 10.4. The summed E-state index contributed by atoms with van der Waals surface area (Å²) < 4.78 is 19.8. The van der Waals surface area contributed by atoms with Crippen molar-refractivity contribution in [3.63, 3.8) is 0 Å². The summed E-state index contributed by atoms with van der Waals surface area (Å²) in [7, 11) is 0. The third-order valence-corrected chi connectivity index (χ3v) is 6.77. The van der Waals surface area contributed by atoms with E-state index >= 15 is 0 Å². The van der Waals surface area contributed by atoms with E-state index in [1.165, 1.54) is 17.0 Å². The normalized spacial score (nSPS) is 14.8. The van der Waals surface area contributed by atoms with Gasteiger partial charge >= 0.3 is 0 Å². The summed E-state index contributed by atoms with van der Waals surface area (Å²) in [5.74, 6) is -0.669. The Bertz CT molecular complexity index is 1300. The maximum atomic E-state index is 14.0. The number of carbonyl (C=O) groups excluding carboxylic acids is 2. The van der Waals surface area contributed by atoms with Gasteiger partial charge in [-0.15, -0.1) is 10.2 Å². The van der Waals surface area contributed by atoms with Crippen molar-refractivity contribution in [3.05, 3.63) is 69.5 Å². The molecule has 0 unspecified atom stereocenters. The van der Waals surface area contributed by atoms with Crippen LogP contribution >= 0.6 is 23.2 Å². The van der Waals surface area contributed by atoms with Crippen molar-refractivity contribution in [1.82, 2.24) is 15.1 Å². The molecule has 0 saturated carbocycles. The van der Waals surface area contributed by atoms with Crippen LogP contribution in [-0.2, 0) is 4.79 Å². The zero-order valence-corrected chi connectivity index (χ0v) is 21.3. The number of hydrogen-bond acceptors (Lipinski definition) is 7. The van der Waals surface area contributed by atoms with Gasteiger partial charge in [-0.1, -0.05) is 23.2 Å². The zero-order chi connectivity index (χ0) is 26.7. The van der Waals surface area contributed by atoms with E-state index in [0.29, 0.717) is 43.6 Å². The number of nitrogen functional groups attached to an aromatic ring is 1. The molecule has 1 atom stereocenters. The van der Waals surface area contributed by atoms with Crippen LogP contribution in [0, 0.1) is 5.82 Å². The third kappa shape index (κ3) is 5.76. The molecule has 0 aliphatic carbocycles. The Morgan fingerprint density at radius 1 is 1.22 bits per heavy atom. The lowest BCUT2D eigenvalue weighted by molar-refractivity contribution is -0.106. The van der Waals surface area contributed by atoms with E-state index in [1.54, 1.807) is 36.1 Å². The van der Waals surface area contributed by atoms with E-state index in [-0.39, 0.29) is 45.0 Å². The predicted octanol–water partition coefficient (Wildman–Crippen LogP) is 4.54. The van der Waals surface area contributed by atoms with E-state index in [9.17, 15) is 19.1 Å². The number of nitrogens with zero attached hydrogens (tertiary/aromatic N) is 4. The Morgan fingerprint density at radius 2 is 1.89 bits per heavy atom. The van der Waals surface area contributed by atoms with Gasteiger partial charge in [0.05, 0.1) is 16.8 Å². The van der Waals surface area contributed by atoms with Gasteiger partial charge in [-0.25, -0.2) is 4.39 Å². The fourth-order valence-electron chi connectivity index (χ4n) is 4.01. The van der Waals surface area contributed by atoms with Gasteiger partial charge in [-0.2, -0.15) is 0 Å². The number of rotatable bonds is 7. The lowest BCUT2D eigenvalue weighted by atomic mass is 10.1. The first-order valence-corrected chi connectivity index (χ1v) is 12.2. The molecule has 1 aromatic heterocycles. The minimum Gasteiger partial charge on any atom is -0.482 e. The van der Waals surface area contributed by atoms with Gasteiger partial charge in [0.25, 0.3) is 5.91 Å². The Morgan fingerprint density at radius 3 is 2.54 bits per heavy atom. The van der Waals surface area contributed by atoms with Gasteiger partial charge in [-0.05, 0) is 56.2 Å². The summed E-state index contributed by atoms with van der Waals surface area (Å²) in [5.41, 5.74) is 7.05. The van der Waals surface area contributed by atoms with Crippen LogP contribution in [0.4, 0.5) is 21.7 Å². The van der Waals surface area contributed by atoms with Crippen LogP contribution in [0.3, 0.4) is 0 Å². The van der Waals surface area contributed by atoms with Crippen LogP contribution < -0.4 is 15.4 Å². The molecular weight excluding hydrogens is 524 g/mol. The second-order valence-corrected chi connectivity index (χ2v) is 9.30. The second kappa shape index (κ2) is 11.3. The van der Waals surface area contributed by atoms with Crippen molar-refractivity contribution in [2.75, 3.05) is 23.7 Å². The minimum atomic E-state index is -0.805. The van der Waals surface area contributed by atoms with Gasteiger partial charge in [0.2, 0.25) is 6.41 Å². The molecule has 0 bridgehead atoms. The van der Waals surface area contributed by atoms with Crippen LogP contribution in [0.2, 0.25) is 10.0 Å². The molecule has 9 nitrogen and oxygen atoms in total. The monoisotopic (exact) mass is 547 g/mol. The molecule has 3 aromatic rings. The Hall–Kier alpha value is -3.47. The number of aliphatic hydroxyl groups excluding tert-OH is 1. The molecule has 1 saturated heterocycles. The van der Waals surface area contributed by atoms with Crippen molar-refractivity contribution in [3.8, 4) is 5.75 Å². The zero-order valence-electron chi connectivity index (χ0n) is 19.8. The number of aromatic nitrogens is 2. The van der Waals surface area contributed by atoms with Gasteiger partial charge < -0.3 is 20.5 Å². The van der Waals surface area contributed by atoms with Crippen molar-refractivity contribution >= 4 is 52.8 Å². The minimum absolute atomic E-state index is 0.0577. The number of halogens is 3. The van der Waals surface area contributed by atoms with Crippen LogP contribution in [0.25, 0.3) is 0 Å². The van der Waals surface area contributed by atoms with Crippen LogP contribution in [0.1, 0.15) is 41.8 Å². The van der Waals surface area contributed by atoms with Gasteiger partial charge in [-0.3, -0.25) is 14.5 Å². The second-order valence-electron chi connectivity index (χ2n) is 8.51. The number of carbonyl (C=O) groups is 2. The Kier molecular flexibility index (Phi) is 8.11. The highest BCUT2D eigenvalue weighted by molar-refractivity contribution is 6.36. The van der Waals surface area contributed by atoms with Crippen molar-refractivity contribution in [2.24, 2.45) is 0 Å². The summed E-state index contributed by atoms with van der Waals surface area (Å²) in [6.07, 6.45) is 0.434. The Balaban J connectivity index is 1.54. The predicted molar refractivity (Wildman–Crippen MR) is 138 cm³/mol. The van der Waals surface area contributed by atoms with Crippen LogP contribution in [0.15, 0.2) is 42.5 Å². The molecule has 1 aliphatic heterocycles. The quantitative estimate of drug-likeness (QED) is 0.329. The maximum absolute atomic E-state index is 14.0. The van der Waals surface area contributed by atoms with Gasteiger partial charge in [0, 0.05) is 35.3 Å². The molecule has 12 heteroatoms.